The highest BCUT2D eigenvalue weighted by atomic mass is 19.4. The molecule has 2 rings (SSSR count). The van der Waals surface area contributed by atoms with Gasteiger partial charge in [-0.25, -0.2) is 0 Å². The van der Waals surface area contributed by atoms with E-state index in [1.165, 1.54) is 12.1 Å². The summed E-state index contributed by atoms with van der Waals surface area (Å²) in [7, 11) is 0. The van der Waals surface area contributed by atoms with Gasteiger partial charge in [0.15, 0.2) is 0 Å². The Morgan fingerprint density at radius 1 is 0.800 bits per heavy atom. The average Bonchev–Trinajstić information content (AvgIpc) is 2.45. The largest absolute Gasteiger partial charge is 0.407 e. The van der Waals surface area contributed by atoms with Gasteiger partial charge >= 0.3 is 6.18 Å². The van der Waals surface area contributed by atoms with Crippen molar-refractivity contribution in [2.24, 2.45) is 0 Å². The van der Waals surface area contributed by atoms with Crippen molar-refractivity contribution in [1.29, 1.82) is 0 Å². The molecule has 1 nitrogen and oxygen atoms in total. The van der Waals surface area contributed by atoms with E-state index in [1.807, 2.05) is 30.3 Å². The normalized spacial score (nSPS) is 14.8. The first-order valence-corrected chi connectivity index (χ1v) is 6.41. The first-order chi connectivity index (χ1) is 9.48. The minimum Gasteiger partial charge on any atom is -0.296 e. The minimum atomic E-state index is -4.33. The Kier molecular flexibility index (Phi) is 4.45. The van der Waals surface area contributed by atoms with Crippen molar-refractivity contribution in [3.63, 3.8) is 0 Å². The Balaban J connectivity index is 2.22. The van der Waals surface area contributed by atoms with Crippen molar-refractivity contribution in [2.45, 2.75) is 25.2 Å². The van der Waals surface area contributed by atoms with Crippen LogP contribution in [0.5, 0.6) is 0 Å². The Morgan fingerprint density at radius 3 is 1.70 bits per heavy atom. The second-order valence-electron chi connectivity index (χ2n) is 4.68. The molecule has 0 fully saturated rings. The second kappa shape index (κ2) is 6.09. The van der Waals surface area contributed by atoms with E-state index < -0.39 is 12.2 Å². The van der Waals surface area contributed by atoms with Crippen LogP contribution in [0, 0.1) is 0 Å². The summed E-state index contributed by atoms with van der Waals surface area (Å²) in [6.45, 7) is 1.73. The Labute approximate surface area is 116 Å². The van der Waals surface area contributed by atoms with Crippen molar-refractivity contribution >= 4 is 0 Å². The Bertz CT molecular complexity index is 522. The number of hydrogen-bond acceptors (Lipinski definition) is 1. The average molecular weight is 279 g/mol. The predicted octanol–water partition coefficient (Wildman–Crippen LogP) is 4.64. The second-order valence-corrected chi connectivity index (χ2v) is 4.68. The highest BCUT2D eigenvalue weighted by molar-refractivity contribution is 5.23. The van der Waals surface area contributed by atoms with Crippen LogP contribution in [-0.4, -0.2) is 6.18 Å². The van der Waals surface area contributed by atoms with E-state index in [9.17, 15) is 13.2 Å². The topological polar surface area (TPSA) is 12.0 Å². The summed E-state index contributed by atoms with van der Waals surface area (Å²) in [6, 6.07) is 15.0. The lowest BCUT2D eigenvalue weighted by atomic mass is 10.0. The van der Waals surface area contributed by atoms with E-state index in [1.54, 1.807) is 25.1 Å². The van der Waals surface area contributed by atoms with Gasteiger partial charge in [0, 0.05) is 6.04 Å². The van der Waals surface area contributed by atoms with E-state index in [-0.39, 0.29) is 11.6 Å². The predicted molar refractivity (Wildman–Crippen MR) is 73.2 cm³/mol. The van der Waals surface area contributed by atoms with Crippen LogP contribution in [0.2, 0.25) is 0 Å². The van der Waals surface area contributed by atoms with Crippen LogP contribution in [0.15, 0.2) is 60.7 Å². The summed E-state index contributed by atoms with van der Waals surface area (Å²) in [5.41, 5.74) is 1.06. The molecule has 2 atom stereocenters. The fourth-order valence-corrected chi connectivity index (χ4v) is 2.11. The molecule has 0 unspecified atom stereocenters. The molecule has 0 spiro atoms. The highest BCUT2D eigenvalue weighted by Crippen LogP contribution is 2.34. The number of hydrogen-bond donors (Lipinski definition) is 1. The van der Waals surface area contributed by atoms with E-state index in [0.717, 1.165) is 5.56 Å². The molecule has 2 aromatic carbocycles. The fraction of sp³-hybridized carbons (Fsp3) is 0.250. The number of halogens is 3. The van der Waals surface area contributed by atoms with Gasteiger partial charge in [-0.05, 0) is 18.1 Å². The zero-order valence-corrected chi connectivity index (χ0v) is 11.1. The molecule has 0 radical (unpaired) electrons. The van der Waals surface area contributed by atoms with Gasteiger partial charge in [0.1, 0.15) is 6.04 Å². The zero-order chi connectivity index (χ0) is 14.6. The van der Waals surface area contributed by atoms with Crippen LogP contribution < -0.4 is 5.32 Å². The third kappa shape index (κ3) is 3.61. The van der Waals surface area contributed by atoms with E-state index in [2.05, 4.69) is 5.32 Å². The molecule has 2 aromatic rings. The fourth-order valence-electron chi connectivity index (χ4n) is 2.11. The number of nitrogens with one attached hydrogen (secondary N) is 1. The van der Waals surface area contributed by atoms with Crippen LogP contribution in [0.4, 0.5) is 13.2 Å². The molecule has 1 N–H and O–H groups in total. The van der Waals surface area contributed by atoms with Gasteiger partial charge in [0.2, 0.25) is 0 Å². The van der Waals surface area contributed by atoms with Crippen LogP contribution >= 0.6 is 0 Å². The smallest absolute Gasteiger partial charge is 0.296 e. The lowest BCUT2D eigenvalue weighted by molar-refractivity contribution is -0.159. The van der Waals surface area contributed by atoms with Gasteiger partial charge in [-0.15, -0.1) is 0 Å². The van der Waals surface area contributed by atoms with Crippen molar-refractivity contribution in [3.05, 3.63) is 71.8 Å². The van der Waals surface area contributed by atoms with Crippen LogP contribution in [0.3, 0.4) is 0 Å². The number of benzene rings is 2. The van der Waals surface area contributed by atoms with Gasteiger partial charge < -0.3 is 0 Å². The quantitative estimate of drug-likeness (QED) is 0.859. The standard InChI is InChI=1S/C16H16F3N/c1-12(13-8-4-2-5-9-13)20-15(16(17,18)19)14-10-6-3-7-11-14/h2-12,15,20H,1H3/t12-,15-/m0/s1. The molecule has 0 aliphatic carbocycles. The summed E-state index contributed by atoms with van der Waals surface area (Å²) in [4.78, 5) is 0. The SMILES string of the molecule is C[C@H](N[C@@H](c1ccccc1)C(F)(F)F)c1ccccc1. The molecule has 20 heavy (non-hydrogen) atoms. The Hall–Kier alpha value is -1.81. The maximum absolute atomic E-state index is 13.2. The maximum Gasteiger partial charge on any atom is 0.407 e. The molecule has 0 heterocycles. The lowest BCUT2D eigenvalue weighted by Crippen LogP contribution is -2.35. The van der Waals surface area contributed by atoms with E-state index >= 15 is 0 Å². The van der Waals surface area contributed by atoms with Crippen LogP contribution in [-0.2, 0) is 0 Å². The Morgan fingerprint density at radius 2 is 1.25 bits per heavy atom. The molecule has 0 aliphatic rings. The van der Waals surface area contributed by atoms with E-state index in [0.29, 0.717) is 0 Å². The first-order valence-electron chi connectivity index (χ1n) is 6.41. The molecule has 4 heteroatoms. The lowest BCUT2D eigenvalue weighted by Gasteiger charge is -2.26. The maximum atomic E-state index is 13.2. The molecule has 0 saturated heterocycles. The third-order valence-electron chi connectivity index (χ3n) is 3.18. The molecule has 0 saturated carbocycles. The molecular weight excluding hydrogens is 263 g/mol. The zero-order valence-electron chi connectivity index (χ0n) is 11.1. The molecular formula is C16H16F3N. The van der Waals surface area contributed by atoms with Crippen molar-refractivity contribution in [3.8, 4) is 0 Å². The number of rotatable bonds is 4. The van der Waals surface area contributed by atoms with Gasteiger partial charge in [0.05, 0.1) is 0 Å². The summed E-state index contributed by atoms with van der Waals surface area (Å²) >= 11 is 0. The summed E-state index contributed by atoms with van der Waals surface area (Å²) in [5.74, 6) is 0. The number of alkyl halides is 3. The monoisotopic (exact) mass is 279 g/mol. The van der Waals surface area contributed by atoms with Gasteiger partial charge in [0.25, 0.3) is 0 Å². The van der Waals surface area contributed by atoms with Gasteiger partial charge in [-0.1, -0.05) is 60.7 Å². The van der Waals surface area contributed by atoms with Crippen molar-refractivity contribution in [2.75, 3.05) is 0 Å². The third-order valence-corrected chi connectivity index (χ3v) is 3.18. The molecule has 0 amide bonds. The molecule has 0 aliphatic heterocycles. The molecule has 106 valence electrons. The van der Waals surface area contributed by atoms with Crippen LogP contribution in [0.1, 0.15) is 30.1 Å². The first kappa shape index (κ1) is 14.6. The summed E-state index contributed by atoms with van der Waals surface area (Å²) in [6.07, 6.45) is -4.33. The summed E-state index contributed by atoms with van der Waals surface area (Å²) < 4.78 is 39.7. The molecule has 0 bridgehead atoms. The van der Waals surface area contributed by atoms with E-state index in [4.69, 9.17) is 0 Å². The highest BCUT2D eigenvalue weighted by Gasteiger charge is 2.41. The summed E-state index contributed by atoms with van der Waals surface area (Å²) in [5, 5.41) is 2.66. The van der Waals surface area contributed by atoms with Gasteiger partial charge in [-0.2, -0.15) is 13.2 Å². The van der Waals surface area contributed by atoms with Crippen molar-refractivity contribution in [1.82, 2.24) is 5.32 Å². The van der Waals surface area contributed by atoms with Crippen molar-refractivity contribution < 1.29 is 13.2 Å². The van der Waals surface area contributed by atoms with Crippen LogP contribution in [0.25, 0.3) is 0 Å². The van der Waals surface area contributed by atoms with Gasteiger partial charge in [-0.3, -0.25) is 5.32 Å². The minimum absolute atomic E-state index is 0.225. The molecule has 0 aromatic heterocycles.